The van der Waals surface area contributed by atoms with Crippen LogP contribution in [0.4, 0.5) is 10.5 Å². The Kier molecular flexibility index (Phi) is 5.42. The SMILES string of the molecule is CC(C)(C)c1ccc(N(CCNC(=O)NC2CC2)S(C)(=O)=O)cc1. The second-order valence-electron chi connectivity index (χ2n) is 7.31. The van der Waals surface area contributed by atoms with E-state index in [4.69, 9.17) is 0 Å². The first-order valence-corrected chi connectivity index (χ1v) is 10.0. The number of anilines is 1. The fraction of sp³-hybridized carbons (Fsp3) is 0.588. The van der Waals surface area contributed by atoms with E-state index in [9.17, 15) is 13.2 Å². The summed E-state index contributed by atoms with van der Waals surface area (Å²) in [5.41, 5.74) is 1.76. The highest BCUT2D eigenvalue weighted by molar-refractivity contribution is 7.92. The third kappa shape index (κ3) is 5.40. The number of carbonyl (C=O) groups is 1. The van der Waals surface area contributed by atoms with Gasteiger partial charge in [0.15, 0.2) is 0 Å². The number of nitrogens with one attached hydrogen (secondary N) is 2. The minimum absolute atomic E-state index is 0.0108. The minimum atomic E-state index is -3.41. The highest BCUT2D eigenvalue weighted by Crippen LogP contribution is 2.25. The summed E-state index contributed by atoms with van der Waals surface area (Å²) in [5.74, 6) is 0. The lowest BCUT2D eigenvalue weighted by atomic mass is 9.87. The Morgan fingerprint density at radius 2 is 1.79 bits per heavy atom. The van der Waals surface area contributed by atoms with Crippen molar-refractivity contribution in [1.29, 1.82) is 0 Å². The van der Waals surface area contributed by atoms with Crippen LogP contribution in [-0.2, 0) is 15.4 Å². The molecule has 0 aliphatic heterocycles. The number of hydrogen-bond donors (Lipinski definition) is 2. The third-order valence-electron chi connectivity index (χ3n) is 3.93. The molecule has 0 aromatic heterocycles. The molecule has 0 bridgehead atoms. The summed E-state index contributed by atoms with van der Waals surface area (Å²) in [5, 5.41) is 5.52. The smallest absolute Gasteiger partial charge is 0.315 e. The minimum Gasteiger partial charge on any atom is -0.336 e. The Balaban J connectivity index is 2.01. The Hall–Kier alpha value is -1.76. The van der Waals surface area contributed by atoms with Crippen LogP contribution in [0.3, 0.4) is 0 Å². The molecule has 0 unspecified atom stereocenters. The first-order valence-electron chi connectivity index (χ1n) is 8.20. The third-order valence-corrected chi connectivity index (χ3v) is 5.13. The van der Waals surface area contributed by atoms with E-state index in [-0.39, 0.29) is 30.6 Å². The number of rotatable bonds is 6. The van der Waals surface area contributed by atoms with E-state index in [1.165, 1.54) is 10.6 Å². The van der Waals surface area contributed by atoms with Crippen molar-refractivity contribution in [2.75, 3.05) is 23.7 Å². The fourth-order valence-corrected chi connectivity index (χ4v) is 3.28. The highest BCUT2D eigenvalue weighted by atomic mass is 32.2. The molecule has 2 rings (SSSR count). The van der Waals surface area contributed by atoms with Gasteiger partial charge in [-0.1, -0.05) is 32.9 Å². The van der Waals surface area contributed by atoms with E-state index in [0.717, 1.165) is 18.4 Å². The van der Waals surface area contributed by atoms with E-state index in [1.807, 2.05) is 24.3 Å². The summed E-state index contributed by atoms with van der Waals surface area (Å²) in [4.78, 5) is 11.6. The van der Waals surface area contributed by atoms with Crippen LogP contribution in [0.5, 0.6) is 0 Å². The molecule has 0 atom stereocenters. The largest absolute Gasteiger partial charge is 0.336 e. The Bertz CT molecular complexity index is 674. The summed E-state index contributed by atoms with van der Waals surface area (Å²) in [6.07, 6.45) is 3.21. The van der Waals surface area contributed by atoms with Gasteiger partial charge in [0.2, 0.25) is 10.0 Å². The van der Waals surface area contributed by atoms with Gasteiger partial charge in [-0.3, -0.25) is 4.31 Å². The number of carbonyl (C=O) groups excluding carboxylic acids is 1. The first kappa shape index (κ1) is 18.6. The standard InChI is InChI=1S/C17H27N3O3S/c1-17(2,3)13-5-9-15(10-6-13)20(24(4,22)23)12-11-18-16(21)19-14-7-8-14/h5-6,9-10,14H,7-8,11-12H2,1-4H3,(H2,18,19,21). The molecule has 2 N–H and O–H groups in total. The number of amides is 2. The van der Waals surface area contributed by atoms with Crippen molar-refractivity contribution in [2.24, 2.45) is 0 Å². The van der Waals surface area contributed by atoms with Crippen LogP contribution in [0.2, 0.25) is 0 Å². The topological polar surface area (TPSA) is 78.5 Å². The number of hydrogen-bond acceptors (Lipinski definition) is 3. The molecule has 1 aromatic rings. The Morgan fingerprint density at radius 1 is 1.21 bits per heavy atom. The Labute approximate surface area is 144 Å². The molecule has 0 heterocycles. The summed E-state index contributed by atoms with van der Waals surface area (Å²) < 4.78 is 25.5. The van der Waals surface area contributed by atoms with Crippen molar-refractivity contribution < 1.29 is 13.2 Å². The number of sulfonamides is 1. The van der Waals surface area contributed by atoms with Gasteiger partial charge < -0.3 is 10.6 Å². The molecule has 0 radical (unpaired) electrons. The van der Waals surface area contributed by atoms with Crippen molar-refractivity contribution in [3.63, 3.8) is 0 Å². The molecule has 0 saturated heterocycles. The Morgan fingerprint density at radius 3 is 2.25 bits per heavy atom. The number of nitrogens with zero attached hydrogens (tertiary/aromatic N) is 1. The lowest BCUT2D eigenvalue weighted by Crippen LogP contribution is -2.42. The maximum absolute atomic E-state index is 12.1. The van der Waals surface area contributed by atoms with E-state index in [1.54, 1.807) is 0 Å². The summed E-state index contributed by atoms with van der Waals surface area (Å²) in [6, 6.07) is 7.55. The highest BCUT2D eigenvalue weighted by Gasteiger charge is 2.23. The summed E-state index contributed by atoms with van der Waals surface area (Å²) >= 11 is 0. The van der Waals surface area contributed by atoms with Gasteiger partial charge in [0.05, 0.1) is 18.5 Å². The van der Waals surface area contributed by atoms with E-state index < -0.39 is 10.0 Å². The van der Waals surface area contributed by atoms with Crippen molar-refractivity contribution in [2.45, 2.75) is 45.1 Å². The molecule has 1 aliphatic rings. The monoisotopic (exact) mass is 353 g/mol. The molecular weight excluding hydrogens is 326 g/mol. The predicted octanol–water partition coefficient (Wildman–Crippen LogP) is 2.21. The molecule has 1 saturated carbocycles. The van der Waals surface area contributed by atoms with Crippen LogP contribution in [0, 0.1) is 0 Å². The maximum atomic E-state index is 12.1. The average molecular weight is 353 g/mol. The van der Waals surface area contributed by atoms with Crippen LogP contribution in [0.15, 0.2) is 24.3 Å². The molecule has 2 amide bonds. The van der Waals surface area contributed by atoms with E-state index in [0.29, 0.717) is 5.69 Å². The summed E-state index contributed by atoms with van der Waals surface area (Å²) in [7, 11) is -3.41. The molecule has 1 aliphatic carbocycles. The van der Waals surface area contributed by atoms with Gasteiger partial charge in [0.25, 0.3) is 0 Å². The molecule has 1 fully saturated rings. The van der Waals surface area contributed by atoms with Crippen molar-refractivity contribution >= 4 is 21.7 Å². The predicted molar refractivity (Wildman–Crippen MR) is 96.9 cm³/mol. The van der Waals surface area contributed by atoms with Crippen molar-refractivity contribution in [3.05, 3.63) is 29.8 Å². The zero-order valence-electron chi connectivity index (χ0n) is 14.8. The van der Waals surface area contributed by atoms with Gasteiger partial charge in [-0.05, 0) is 36.0 Å². The molecule has 24 heavy (non-hydrogen) atoms. The van der Waals surface area contributed by atoms with E-state index >= 15 is 0 Å². The molecule has 134 valence electrons. The molecule has 7 heteroatoms. The first-order chi connectivity index (χ1) is 11.1. The summed E-state index contributed by atoms with van der Waals surface area (Å²) in [6.45, 7) is 6.79. The molecule has 6 nitrogen and oxygen atoms in total. The van der Waals surface area contributed by atoms with E-state index in [2.05, 4.69) is 31.4 Å². The van der Waals surface area contributed by atoms with Gasteiger partial charge >= 0.3 is 6.03 Å². The molecular formula is C17H27N3O3S. The van der Waals surface area contributed by atoms with Crippen molar-refractivity contribution in [1.82, 2.24) is 10.6 Å². The van der Waals surface area contributed by atoms with Crippen LogP contribution < -0.4 is 14.9 Å². The van der Waals surface area contributed by atoms with Gasteiger partial charge in [-0.25, -0.2) is 13.2 Å². The van der Waals surface area contributed by atoms with Gasteiger partial charge in [0.1, 0.15) is 0 Å². The van der Waals surface area contributed by atoms with Crippen molar-refractivity contribution in [3.8, 4) is 0 Å². The maximum Gasteiger partial charge on any atom is 0.315 e. The zero-order valence-corrected chi connectivity index (χ0v) is 15.6. The van der Waals surface area contributed by atoms with Gasteiger partial charge in [-0.15, -0.1) is 0 Å². The normalized spacial score (nSPS) is 15.0. The second kappa shape index (κ2) is 7.01. The zero-order chi connectivity index (χ0) is 18.0. The van der Waals surface area contributed by atoms with Crippen LogP contribution in [0.25, 0.3) is 0 Å². The van der Waals surface area contributed by atoms with Gasteiger partial charge in [0, 0.05) is 12.6 Å². The van der Waals surface area contributed by atoms with Crippen LogP contribution in [-0.4, -0.2) is 39.8 Å². The molecule has 1 aromatic carbocycles. The average Bonchev–Trinajstić information content (AvgIpc) is 3.25. The number of benzene rings is 1. The van der Waals surface area contributed by atoms with Gasteiger partial charge in [-0.2, -0.15) is 0 Å². The quantitative estimate of drug-likeness (QED) is 0.823. The second-order valence-corrected chi connectivity index (χ2v) is 9.21. The fourth-order valence-electron chi connectivity index (χ4n) is 2.35. The lowest BCUT2D eigenvalue weighted by molar-refractivity contribution is 0.241. The van der Waals surface area contributed by atoms with Crippen LogP contribution in [0.1, 0.15) is 39.2 Å². The molecule has 0 spiro atoms. The van der Waals surface area contributed by atoms with Crippen LogP contribution >= 0.6 is 0 Å². The lowest BCUT2D eigenvalue weighted by Gasteiger charge is -2.24. The number of urea groups is 1.